The van der Waals surface area contributed by atoms with Crippen molar-refractivity contribution in [2.45, 2.75) is 52.1 Å². The molecule has 0 saturated heterocycles. The van der Waals surface area contributed by atoms with E-state index in [1.54, 1.807) is 0 Å². The van der Waals surface area contributed by atoms with E-state index in [0.29, 0.717) is 0 Å². The number of aliphatic hydroxyl groups excluding tert-OH is 1. The summed E-state index contributed by atoms with van der Waals surface area (Å²) < 4.78 is 0. The Labute approximate surface area is 110 Å². The molecule has 0 aliphatic heterocycles. The summed E-state index contributed by atoms with van der Waals surface area (Å²) in [6, 6.07) is 12.3. The highest BCUT2D eigenvalue weighted by molar-refractivity contribution is 5.25. The van der Waals surface area contributed by atoms with Gasteiger partial charge in [-0.15, -0.1) is 0 Å². The minimum atomic E-state index is -0.924. The molecule has 98 valence electrons. The van der Waals surface area contributed by atoms with Crippen LogP contribution < -0.4 is 0 Å². The molecule has 0 aliphatic rings. The summed E-state index contributed by atoms with van der Waals surface area (Å²) in [6.45, 7) is 8.27. The molecular formula is C16H23NO. The molecule has 0 saturated carbocycles. The van der Waals surface area contributed by atoms with Crippen LogP contribution in [-0.4, -0.2) is 11.2 Å². The molecular weight excluding hydrogens is 222 g/mol. The fraction of sp³-hybridized carbons (Fsp3) is 0.562. The fourth-order valence-corrected chi connectivity index (χ4v) is 2.55. The van der Waals surface area contributed by atoms with Gasteiger partial charge in [0.15, 0.2) is 0 Å². The summed E-state index contributed by atoms with van der Waals surface area (Å²) in [5.74, 6) is 0. The molecule has 1 aromatic rings. The van der Waals surface area contributed by atoms with Gasteiger partial charge in [-0.05, 0) is 23.8 Å². The number of benzene rings is 1. The molecule has 0 amide bonds. The lowest BCUT2D eigenvalue weighted by Gasteiger charge is -2.38. The van der Waals surface area contributed by atoms with E-state index in [9.17, 15) is 5.11 Å². The van der Waals surface area contributed by atoms with Gasteiger partial charge in [0.25, 0.3) is 0 Å². The van der Waals surface area contributed by atoms with E-state index in [1.165, 1.54) is 5.56 Å². The van der Waals surface area contributed by atoms with Crippen LogP contribution >= 0.6 is 0 Å². The lowest BCUT2D eigenvalue weighted by Crippen LogP contribution is -2.36. The van der Waals surface area contributed by atoms with Gasteiger partial charge in [-0.1, -0.05) is 58.0 Å². The Morgan fingerprint density at radius 3 is 2.22 bits per heavy atom. The largest absolute Gasteiger partial charge is 0.378 e. The van der Waals surface area contributed by atoms with Gasteiger partial charge in [0, 0.05) is 5.41 Å². The Kier molecular flexibility index (Phi) is 4.53. The first kappa shape index (κ1) is 14.7. The van der Waals surface area contributed by atoms with Crippen molar-refractivity contribution in [3.05, 3.63) is 35.9 Å². The maximum atomic E-state index is 9.83. The molecule has 0 bridgehead atoms. The molecule has 2 nitrogen and oxygen atoms in total. The average molecular weight is 245 g/mol. The van der Waals surface area contributed by atoms with Gasteiger partial charge < -0.3 is 5.11 Å². The summed E-state index contributed by atoms with van der Waals surface area (Å²) in [6.07, 6.45) is 0.848. The van der Waals surface area contributed by atoms with Crippen LogP contribution in [-0.2, 0) is 5.41 Å². The van der Waals surface area contributed by atoms with Gasteiger partial charge in [0.05, 0.1) is 6.07 Å². The second kappa shape index (κ2) is 5.54. The van der Waals surface area contributed by atoms with Crippen LogP contribution in [0.3, 0.4) is 0 Å². The van der Waals surface area contributed by atoms with E-state index in [0.717, 1.165) is 12.8 Å². The molecule has 0 spiro atoms. The van der Waals surface area contributed by atoms with Gasteiger partial charge in [0.2, 0.25) is 0 Å². The van der Waals surface area contributed by atoms with Crippen molar-refractivity contribution in [3.63, 3.8) is 0 Å². The normalized spacial score (nSPS) is 16.7. The van der Waals surface area contributed by atoms with Crippen molar-refractivity contribution in [1.29, 1.82) is 5.26 Å². The monoisotopic (exact) mass is 245 g/mol. The van der Waals surface area contributed by atoms with Crippen molar-refractivity contribution in [2.24, 2.45) is 5.41 Å². The first-order valence-electron chi connectivity index (χ1n) is 6.49. The molecule has 0 aliphatic carbocycles. The minimum Gasteiger partial charge on any atom is -0.378 e. The molecule has 2 atom stereocenters. The Morgan fingerprint density at radius 2 is 1.78 bits per heavy atom. The van der Waals surface area contributed by atoms with Gasteiger partial charge >= 0.3 is 0 Å². The van der Waals surface area contributed by atoms with E-state index in [2.05, 4.69) is 26.0 Å². The van der Waals surface area contributed by atoms with Crippen molar-refractivity contribution >= 4 is 0 Å². The molecule has 1 N–H and O–H groups in total. The van der Waals surface area contributed by atoms with E-state index >= 15 is 0 Å². The predicted octanol–water partition coefficient (Wildman–Crippen LogP) is 3.66. The average Bonchev–Trinajstić information content (AvgIpc) is 2.38. The zero-order valence-corrected chi connectivity index (χ0v) is 11.8. The molecule has 1 rings (SSSR count). The number of hydrogen-bond acceptors (Lipinski definition) is 2. The lowest BCUT2D eigenvalue weighted by molar-refractivity contribution is 0.0682. The number of aliphatic hydroxyl groups is 1. The van der Waals surface area contributed by atoms with Crippen LogP contribution in [0.1, 0.15) is 46.1 Å². The van der Waals surface area contributed by atoms with E-state index < -0.39 is 11.5 Å². The van der Waals surface area contributed by atoms with Crippen LogP contribution in [0.25, 0.3) is 0 Å². The fourth-order valence-electron chi connectivity index (χ4n) is 2.55. The smallest absolute Gasteiger partial charge is 0.145 e. The second-order valence-corrected chi connectivity index (χ2v) is 5.98. The third-order valence-corrected chi connectivity index (χ3v) is 3.96. The molecule has 0 aromatic heterocycles. The quantitative estimate of drug-likeness (QED) is 0.805. The van der Waals surface area contributed by atoms with Crippen LogP contribution in [0.15, 0.2) is 30.3 Å². The topological polar surface area (TPSA) is 44.0 Å². The number of nitriles is 1. The number of nitrogens with zero attached hydrogens (tertiary/aromatic N) is 1. The van der Waals surface area contributed by atoms with E-state index in [4.69, 9.17) is 5.26 Å². The van der Waals surface area contributed by atoms with Gasteiger partial charge in [0.1, 0.15) is 6.10 Å². The second-order valence-electron chi connectivity index (χ2n) is 5.98. The molecule has 0 radical (unpaired) electrons. The van der Waals surface area contributed by atoms with Gasteiger partial charge in [-0.2, -0.15) is 5.26 Å². The highest BCUT2D eigenvalue weighted by Crippen LogP contribution is 2.40. The number of rotatable bonds is 5. The predicted molar refractivity (Wildman–Crippen MR) is 74.1 cm³/mol. The Bertz CT molecular complexity index is 418. The maximum absolute atomic E-state index is 9.83. The van der Waals surface area contributed by atoms with Gasteiger partial charge in [-0.25, -0.2) is 0 Å². The van der Waals surface area contributed by atoms with Crippen molar-refractivity contribution in [2.75, 3.05) is 0 Å². The third-order valence-electron chi connectivity index (χ3n) is 3.96. The number of hydrogen-bond donors (Lipinski definition) is 1. The first-order valence-corrected chi connectivity index (χ1v) is 6.49. The zero-order valence-electron chi connectivity index (χ0n) is 11.8. The first-order chi connectivity index (χ1) is 8.35. The van der Waals surface area contributed by atoms with E-state index in [1.807, 2.05) is 38.1 Å². The summed E-state index contributed by atoms with van der Waals surface area (Å²) in [7, 11) is 0. The highest BCUT2D eigenvalue weighted by Gasteiger charge is 2.37. The van der Waals surface area contributed by atoms with Crippen LogP contribution in [0.4, 0.5) is 0 Å². The van der Waals surface area contributed by atoms with Crippen LogP contribution in [0.5, 0.6) is 0 Å². The maximum Gasteiger partial charge on any atom is 0.145 e. The lowest BCUT2D eigenvalue weighted by atomic mass is 9.67. The van der Waals surface area contributed by atoms with E-state index in [-0.39, 0.29) is 5.41 Å². The Hall–Kier alpha value is -1.33. The molecule has 2 unspecified atom stereocenters. The molecule has 0 heterocycles. The van der Waals surface area contributed by atoms with Gasteiger partial charge in [-0.3, -0.25) is 0 Å². The van der Waals surface area contributed by atoms with Crippen molar-refractivity contribution in [3.8, 4) is 6.07 Å². The Morgan fingerprint density at radius 1 is 1.22 bits per heavy atom. The SMILES string of the molecule is CCC(C)(CC(C)(C)C(O)C#N)c1ccccc1. The molecule has 18 heavy (non-hydrogen) atoms. The summed E-state index contributed by atoms with van der Waals surface area (Å²) in [4.78, 5) is 0. The standard InChI is InChI=1S/C16H23NO/c1-5-16(4,13-9-7-6-8-10-13)12-15(2,3)14(18)11-17/h6-10,14,18H,5,12H2,1-4H3. The summed E-state index contributed by atoms with van der Waals surface area (Å²) >= 11 is 0. The van der Waals surface area contributed by atoms with Crippen LogP contribution in [0, 0.1) is 16.7 Å². The molecule has 0 fully saturated rings. The highest BCUT2D eigenvalue weighted by atomic mass is 16.3. The summed E-state index contributed by atoms with van der Waals surface area (Å²) in [5.41, 5.74) is 0.850. The van der Waals surface area contributed by atoms with Crippen LogP contribution in [0.2, 0.25) is 0 Å². The Balaban J connectivity index is 3.01. The third kappa shape index (κ3) is 3.11. The van der Waals surface area contributed by atoms with Crippen molar-refractivity contribution < 1.29 is 5.11 Å². The molecule has 1 aromatic carbocycles. The minimum absolute atomic E-state index is 0.0113. The molecule has 2 heteroatoms. The zero-order chi connectivity index (χ0) is 13.8. The van der Waals surface area contributed by atoms with Crippen molar-refractivity contribution in [1.82, 2.24) is 0 Å². The summed E-state index contributed by atoms with van der Waals surface area (Å²) in [5, 5.41) is 18.7.